The number of esters is 1. The number of nitrogens with one attached hydrogen (secondary N) is 2. The maximum atomic E-state index is 13.0. The van der Waals surface area contributed by atoms with E-state index in [1.165, 1.54) is 20.8 Å². The third-order valence-corrected chi connectivity index (χ3v) is 7.70. The van der Waals surface area contributed by atoms with Crippen LogP contribution in [0, 0.1) is 11.3 Å². The maximum absolute atomic E-state index is 13.0. The topological polar surface area (TPSA) is 136 Å². The fourth-order valence-corrected chi connectivity index (χ4v) is 5.16. The molecule has 0 aliphatic rings. The van der Waals surface area contributed by atoms with Gasteiger partial charge in [-0.15, -0.1) is 0 Å². The highest BCUT2D eigenvalue weighted by Crippen LogP contribution is 2.22. The molecule has 0 saturated carbocycles. The lowest BCUT2D eigenvalue weighted by atomic mass is 9.90. The van der Waals surface area contributed by atoms with Gasteiger partial charge in [0.25, 0.3) is 0 Å². The molecule has 0 radical (unpaired) electrons. The van der Waals surface area contributed by atoms with E-state index in [-0.39, 0.29) is 23.4 Å². The van der Waals surface area contributed by atoms with Gasteiger partial charge in [0.2, 0.25) is 11.8 Å². The normalized spacial score (nSPS) is 13.6. The lowest BCUT2D eigenvalue weighted by molar-refractivity contribution is -0.150. The third kappa shape index (κ3) is 9.46. The van der Waals surface area contributed by atoms with E-state index < -0.39 is 50.2 Å². The first-order chi connectivity index (χ1) is 15.7. The van der Waals surface area contributed by atoms with Gasteiger partial charge in [0.1, 0.15) is 11.5 Å². The number of carbonyl (C=O) groups is 4. The molecule has 1 aromatic carbocycles. The Hall–Kier alpha value is -2.40. The molecule has 2 amide bonds. The zero-order valence-corrected chi connectivity index (χ0v) is 22.0. The van der Waals surface area contributed by atoms with Crippen molar-refractivity contribution in [1.29, 1.82) is 0 Å². The summed E-state index contributed by atoms with van der Waals surface area (Å²) < 4.78 is 30.4. The molecule has 0 fully saturated rings. The second-order valence-electron chi connectivity index (χ2n) is 8.69. The first kappa shape index (κ1) is 29.6. The highest BCUT2D eigenvalue weighted by atomic mass is 32.2. The summed E-state index contributed by atoms with van der Waals surface area (Å²) in [6.45, 7) is 9.29. The van der Waals surface area contributed by atoms with Gasteiger partial charge < -0.3 is 15.4 Å². The summed E-state index contributed by atoms with van der Waals surface area (Å²) in [5.41, 5.74) is -1.11. The van der Waals surface area contributed by atoms with Crippen molar-refractivity contribution >= 4 is 44.5 Å². The molecular weight excluding hydrogens is 480 g/mol. The predicted octanol–water partition coefficient (Wildman–Crippen LogP) is 2.05. The predicted molar refractivity (Wildman–Crippen MR) is 131 cm³/mol. The highest BCUT2D eigenvalue weighted by Gasteiger charge is 2.40. The summed E-state index contributed by atoms with van der Waals surface area (Å²) in [6, 6.07) is 6.96. The Morgan fingerprint density at radius 3 is 2.09 bits per heavy atom. The van der Waals surface area contributed by atoms with Crippen molar-refractivity contribution in [2.75, 3.05) is 12.4 Å². The maximum Gasteiger partial charge on any atom is 0.329 e. The number of carbonyl (C=O) groups excluding carboxylic acids is 4. The standard InChI is InChI=1S/C23H34N2O7S2/c1-7-32-20(27)18(14-34(30,31)13-17-11-9-8-10-12-17)24-21(28)23(5,6)22(29)25-19(15(2)3)33-16(4)26/h8-12,15,18-19H,7,13-14H2,1-6H3,(H,24,28)(H,25,29)/t18-,19+/m0/s1. The largest absolute Gasteiger partial charge is 0.464 e. The Bertz CT molecular complexity index is 976. The molecule has 0 saturated heterocycles. The van der Waals surface area contributed by atoms with Gasteiger partial charge in [0.15, 0.2) is 15.0 Å². The second kappa shape index (κ2) is 12.9. The number of amides is 2. The number of hydrogen-bond acceptors (Lipinski definition) is 8. The summed E-state index contributed by atoms with van der Waals surface area (Å²) in [4.78, 5) is 49.8. The van der Waals surface area contributed by atoms with Crippen LogP contribution >= 0.6 is 11.8 Å². The van der Waals surface area contributed by atoms with E-state index in [1.54, 1.807) is 37.3 Å². The SMILES string of the molecule is CCOC(=O)[C@H](CS(=O)(=O)Cc1ccccc1)NC(=O)C(C)(C)C(=O)N[C@H](SC(C)=O)C(C)C. The van der Waals surface area contributed by atoms with Gasteiger partial charge in [-0.3, -0.25) is 14.4 Å². The molecule has 0 unspecified atom stereocenters. The Morgan fingerprint density at radius 1 is 1.03 bits per heavy atom. The van der Waals surface area contributed by atoms with Gasteiger partial charge in [-0.1, -0.05) is 55.9 Å². The molecule has 0 bridgehead atoms. The Balaban J connectivity index is 3.03. The minimum atomic E-state index is -3.81. The van der Waals surface area contributed by atoms with Gasteiger partial charge in [-0.2, -0.15) is 0 Å². The molecule has 1 aromatic rings. The molecule has 11 heteroatoms. The van der Waals surface area contributed by atoms with E-state index in [4.69, 9.17) is 4.74 Å². The van der Waals surface area contributed by atoms with E-state index in [1.807, 2.05) is 13.8 Å². The molecule has 2 atom stereocenters. The monoisotopic (exact) mass is 514 g/mol. The number of hydrogen-bond donors (Lipinski definition) is 2. The number of ether oxygens (including phenoxy) is 1. The summed E-state index contributed by atoms with van der Waals surface area (Å²) in [6.07, 6.45) is 0. The molecule has 1 rings (SSSR count). The van der Waals surface area contributed by atoms with Crippen LogP contribution in [0.2, 0.25) is 0 Å². The van der Waals surface area contributed by atoms with Crippen LogP contribution in [0.5, 0.6) is 0 Å². The average Bonchev–Trinajstić information content (AvgIpc) is 2.72. The quantitative estimate of drug-likeness (QED) is 0.246. The van der Waals surface area contributed by atoms with Crippen LogP contribution in [-0.2, 0) is 39.5 Å². The Morgan fingerprint density at radius 2 is 1.59 bits per heavy atom. The fourth-order valence-electron chi connectivity index (χ4n) is 2.81. The zero-order chi connectivity index (χ0) is 26.1. The van der Waals surface area contributed by atoms with Crippen molar-refractivity contribution in [3.05, 3.63) is 35.9 Å². The van der Waals surface area contributed by atoms with Crippen LogP contribution in [0.15, 0.2) is 30.3 Å². The zero-order valence-electron chi connectivity index (χ0n) is 20.4. The van der Waals surface area contributed by atoms with Crippen molar-refractivity contribution in [3.63, 3.8) is 0 Å². The first-order valence-corrected chi connectivity index (χ1v) is 13.6. The molecular formula is C23H34N2O7S2. The van der Waals surface area contributed by atoms with Crippen LogP contribution in [0.1, 0.15) is 47.1 Å². The van der Waals surface area contributed by atoms with Gasteiger partial charge >= 0.3 is 5.97 Å². The summed E-state index contributed by atoms with van der Waals surface area (Å²) in [5, 5.41) is 4.33. The van der Waals surface area contributed by atoms with Gasteiger partial charge in [0.05, 0.1) is 23.5 Å². The van der Waals surface area contributed by atoms with E-state index in [0.717, 1.165) is 11.8 Å². The van der Waals surface area contributed by atoms with Crippen molar-refractivity contribution in [3.8, 4) is 0 Å². The van der Waals surface area contributed by atoms with E-state index in [9.17, 15) is 27.6 Å². The number of sulfone groups is 1. The average molecular weight is 515 g/mol. The van der Waals surface area contributed by atoms with Crippen LogP contribution in [0.4, 0.5) is 0 Å². The van der Waals surface area contributed by atoms with Gasteiger partial charge in [-0.05, 0) is 32.3 Å². The third-order valence-electron chi connectivity index (χ3n) is 4.83. The Kier molecular flexibility index (Phi) is 11.2. The fraction of sp³-hybridized carbons (Fsp3) is 0.565. The van der Waals surface area contributed by atoms with Crippen molar-refractivity contribution in [2.45, 2.75) is 58.7 Å². The highest BCUT2D eigenvalue weighted by molar-refractivity contribution is 8.14. The number of thioether (sulfide) groups is 1. The van der Waals surface area contributed by atoms with Crippen LogP contribution < -0.4 is 10.6 Å². The smallest absolute Gasteiger partial charge is 0.329 e. The van der Waals surface area contributed by atoms with E-state index in [0.29, 0.717) is 5.56 Å². The second-order valence-corrected chi connectivity index (χ2v) is 12.1. The molecule has 190 valence electrons. The summed E-state index contributed by atoms with van der Waals surface area (Å²) in [7, 11) is -3.81. The molecule has 9 nitrogen and oxygen atoms in total. The number of benzene rings is 1. The van der Waals surface area contributed by atoms with Crippen LogP contribution in [0.3, 0.4) is 0 Å². The lowest BCUT2D eigenvalue weighted by Gasteiger charge is -2.29. The van der Waals surface area contributed by atoms with Crippen LogP contribution in [0.25, 0.3) is 0 Å². The molecule has 2 N–H and O–H groups in total. The molecule has 0 aliphatic heterocycles. The van der Waals surface area contributed by atoms with Crippen molar-refractivity contribution < 1.29 is 32.3 Å². The molecule has 34 heavy (non-hydrogen) atoms. The molecule has 0 spiro atoms. The van der Waals surface area contributed by atoms with Crippen molar-refractivity contribution in [2.24, 2.45) is 11.3 Å². The van der Waals surface area contributed by atoms with Gasteiger partial charge in [0, 0.05) is 6.92 Å². The molecule has 0 aromatic heterocycles. The van der Waals surface area contributed by atoms with Crippen molar-refractivity contribution in [1.82, 2.24) is 10.6 Å². The lowest BCUT2D eigenvalue weighted by Crippen LogP contribution is -2.55. The minimum Gasteiger partial charge on any atom is -0.464 e. The first-order valence-electron chi connectivity index (χ1n) is 10.9. The molecule has 0 heterocycles. The van der Waals surface area contributed by atoms with E-state index in [2.05, 4.69) is 10.6 Å². The minimum absolute atomic E-state index is 0.00778. The Labute approximate surface area is 205 Å². The van der Waals surface area contributed by atoms with Gasteiger partial charge in [-0.25, -0.2) is 13.2 Å². The summed E-state index contributed by atoms with van der Waals surface area (Å²) in [5.74, 6) is -3.50. The van der Waals surface area contributed by atoms with Crippen LogP contribution in [-0.4, -0.2) is 55.1 Å². The van der Waals surface area contributed by atoms with E-state index >= 15 is 0 Å². The molecule has 0 aliphatic carbocycles. The summed E-state index contributed by atoms with van der Waals surface area (Å²) >= 11 is 0.942. The number of rotatable bonds is 12.